The monoisotopic (exact) mass is 398 g/mol. The number of nitro benzene ring substituents is 1. The first-order valence-corrected chi connectivity index (χ1v) is 8.26. The van der Waals surface area contributed by atoms with Gasteiger partial charge in [0.05, 0.1) is 41.0 Å². The molecule has 0 fully saturated rings. The van der Waals surface area contributed by atoms with Gasteiger partial charge in [0.25, 0.3) is 17.5 Å². The lowest BCUT2D eigenvalue weighted by Gasteiger charge is -2.13. The topological polar surface area (TPSA) is 149 Å². The van der Waals surface area contributed by atoms with E-state index in [4.69, 9.17) is 0 Å². The van der Waals surface area contributed by atoms with Crippen LogP contribution in [0.1, 0.15) is 36.8 Å². The lowest BCUT2D eigenvalue weighted by molar-refractivity contribution is -0.384. The van der Waals surface area contributed by atoms with Crippen LogP contribution in [-0.4, -0.2) is 52.2 Å². The number of nitro groups is 1. The number of pyridine rings is 1. The maximum Gasteiger partial charge on any atom is 0.337 e. The fourth-order valence-electron chi connectivity index (χ4n) is 2.74. The molecule has 0 bridgehead atoms. The van der Waals surface area contributed by atoms with Crippen molar-refractivity contribution in [2.45, 2.75) is 6.54 Å². The zero-order valence-corrected chi connectivity index (χ0v) is 15.1. The van der Waals surface area contributed by atoms with Gasteiger partial charge in [-0.05, 0) is 18.2 Å². The van der Waals surface area contributed by atoms with Crippen LogP contribution in [0.15, 0.2) is 36.5 Å². The van der Waals surface area contributed by atoms with Crippen LogP contribution in [0.25, 0.3) is 0 Å². The van der Waals surface area contributed by atoms with E-state index in [0.29, 0.717) is 10.6 Å². The van der Waals surface area contributed by atoms with Gasteiger partial charge >= 0.3 is 5.97 Å². The van der Waals surface area contributed by atoms with Crippen molar-refractivity contribution >= 4 is 29.4 Å². The number of fused-ring (bicyclic) bond motifs is 1. The van der Waals surface area contributed by atoms with Crippen molar-refractivity contribution in [2.24, 2.45) is 0 Å². The molecule has 1 aliphatic rings. The smallest absolute Gasteiger partial charge is 0.337 e. The van der Waals surface area contributed by atoms with Gasteiger partial charge in [-0.2, -0.15) is 0 Å². The van der Waals surface area contributed by atoms with E-state index in [-0.39, 0.29) is 28.9 Å². The lowest BCUT2D eigenvalue weighted by Crippen LogP contribution is -2.40. The highest BCUT2D eigenvalue weighted by Gasteiger charge is 2.37. The van der Waals surface area contributed by atoms with Crippen molar-refractivity contribution in [3.8, 4) is 0 Å². The minimum absolute atomic E-state index is 0.000783. The Hall–Kier alpha value is -4.15. The summed E-state index contributed by atoms with van der Waals surface area (Å²) in [5, 5.41) is 13.3. The zero-order chi connectivity index (χ0) is 21.1. The van der Waals surface area contributed by atoms with Gasteiger partial charge in [0.15, 0.2) is 0 Å². The van der Waals surface area contributed by atoms with Crippen molar-refractivity contribution in [1.29, 1.82) is 0 Å². The summed E-state index contributed by atoms with van der Waals surface area (Å²) in [4.78, 5) is 63.3. The second-order valence-corrected chi connectivity index (χ2v) is 5.99. The van der Waals surface area contributed by atoms with Crippen LogP contribution in [0.5, 0.6) is 0 Å². The molecule has 0 radical (unpaired) electrons. The van der Waals surface area contributed by atoms with Gasteiger partial charge in [0.1, 0.15) is 6.54 Å². The molecule has 1 N–H and O–H groups in total. The van der Waals surface area contributed by atoms with E-state index < -0.39 is 35.2 Å². The number of nitrogens with zero attached hydrogens (tertiary/aromatic N) is 3. The van der Waals surface area contributed by atoms with Crippen molar-refractivity contribution in [3.63, 3.8) is 0 Å². The summed E-state index contributed by atoms with van der Waals surface area (Å²) >= 11 is 0. The summed E-state index contributed by atoms with van der Waals surface area (Å²) in [5.41, 5.74) is 0.186. The quantitative estimate of drug-likeness (QED) is 0.323. The van der Waals surface area contributed by atoms with E-state index in [0.717, 1.165) is 12.1 Å². The van der Waals surface area contributed by atoms with Crippen LogP contribution >= 0.6 is 0 Å². The van der Waals surface area contributed by atoms with E-state index >= 15 is 0 Å². The Morgan fingerprint density at radius 2 is 1.90 bits per heavy atom. The SMILES string of the molecule is COC(=O)c1ccnc(CNC(=O)CN2C(=O)c3ccc([N+](=O)[O-])cc3C2=O)c1. The van der Waals surface area contributed by atoms with Gasteiger partial charge in [-0.1, -0.05) is 0 Å². The lowest BCUT2D eigenvalue weighted by atomic mass is 10.1. The Bertz CT molecular complexity index is 1050. The normalized spacial score (nSPS) is 12.5. The number of carbonyl (C=O) groups is 4. The molecule has 11 heteroatoms. The Balaban J connectivity index is 1.65. The molecule has 2 aromatic rings. The maximum atomic E-state index is 12.4. The van der Waals surface area contributed by atoms with E-state index in [1.54, 1.807) is 0 Å². The Morgan fingerprint density at radius 1 is 1.17 bits per heavy atom. The zero-order valence-electron chi connectivity index (χ0n) is 15.1. The first-order valence-electron chi connectivity index (χ1n) is 8.26. The first-order chi connectivity index (χ1) is 13.8. The molecule has 0 atom stereocenters. The van der Waals surface area contributed by atoms with Crippen LogP contribution in [-0.2, 0) is 16.1 Å². The number of aromatic nitrogens is 1. The average Bonchev–Trinajstić information content (AvgIpc) is 2.96. The maximum absolute atomic E-state index is 12.4. The Morgan fingerprint density at radius 3 is 2.59 bits per heavy atom. The second kappa shape index (κ2) is 7.84. The highest BCUT2D eigenvalue weighted by molar-refractivity contribution is 6.22. The standard InChI is InChI=1S/C18H14N4O7/c1-29-18(26)10-4-5-19-11(6-10)8-20-15(23)9-21-16(24)13-3-2-12(22(27)28)7-14(13)17(21)25/h2-7H,8-9H2,1H3,(H,20,23). The molecule has 0 aliphatic carbocycles. The first kappa shape index (κ1) is 19.6. The summed E-state index contributed by atoms with van der Waals surface area (Å²) in [7, 11) is 1.24. The molecule has 29 heavy (non-hydrogen) atoms. The molecule has 1 aliphatic heterocycles. The van der Waals surface area contributed by atoms with E-state index in [1.807, 2.05) is 0 Å². The number of amides is 3. The number of rotatable bonds is 6. The highest BCUT2D eigenvalue weighted by atomic mass is 16.6. The summed E-state index contributed by atoms with van der Waals surface area (Å²) in [6.45, 7) is -0.602. The third-order valence-electron chi connectivity index (χ3n) is 4.17. The van der Waals surface area contributed by atoms with Gasteiger partial charge in [-0.25, -0.2) is 4.79 Å². The molecule has 3 amide bonds. The number of hydrogen-bond donors (Lipinski definition) is 1. The van der Waals surface area contributed by atoms with Crippen molar-refractivity contribution in [2.75, 3.05) is 13.7 Å². The summed E-state index contributed by atoms with van der Waals surface area (Å²) in [5.74, 6) is -2.69. The van der Waals surface area contributed by atoms with E-state index in [9.17, 15) is 29.3 Å². The van der Waals surface area contributed by atoms with Gasteiger partial charge in [-0.15, -0.1) is 0 Å². The van der Waals surface area contributed by atoms with Crippen LogP contribution in [0.2, 0.25) is 0 Å². The molecule has 3 rings (SSSR count). The fourth-order valence-corrected chi connectivity index (χ4v) is 2.74. The third kappa shape index (κ3) is 3.93. The molecular weight excluding hydrogens is 384 g/mol. The van der Waals surface area contributed by atoms with Crippen molar-refractivity contribution < 1.29 is 28.8 Å². The molecule has 0 spiro atoms. The van der Waals surface area contributed by atoms with E-state index in [2.05, 4.69) is 15.0 Å². The number of imide groups is 1. The van der Waals surface area contributed by atoms with Gasteiger partial charge < -0.3 is 10.1 Å². The van der Waals surface area contributed by atoms with Crippen LogP contribution < -0.4 is 5.32 Å². The number of non-ortho nitro benzene ring substituents is 1. The molecule has 1 aromatic heterocycles. The van der Waals surface area contributed by atoms with Crippen LogP contribution in [0.3, 0.4) is 0 Å². The number of ether oxygens (including phenoxy) is 1. The number of carbonyl (C=O) groups excluding carboxylic acids is 4. The number of hydrogen-bond acceptors (Lipinski definition) is 8. The molecule has 0 unspecified atom stereocenters. The number of methoxy groups -OCH3 is 1. The van der Waals surface area contributed by atoms with Crippen LogP contribution in [0, 0.1) is 10.1 Å². The number of nitrogens with one attached hydrogen (secondary N) is 1. The van der Waals surface area contributed by atoms with Gasteiger partial charge in [0.2, 0.25) is 5.91 Å². The van der Waals surface area contributed by atoms with Crippen LogP contribution in [0.4, 0.5) is 5.69 Å². The fraction of sp³-hybridized carbons (Fsp3) is 0.167. The number of benzene rings is 1. The van der Waals surface area contributed by atoms with E-state index in [1.165, 1.54) is 31.5 Å². The van der Waals surface area contributed by atoms with Crippen molar-refractivity contribution in [3.05, 3.63) is 69.0 Å². The third-order valence-corrected chi connectivity index (χ3v) is 4.17. The molecule has 1 aromatic carbocycles. The molecule has 0 saturated carbocycles. The minimum Gasteiger partial charge on any atom is -0.465 e. The molecular formula is C18H14N4O7. The number of esters is 1. The predicted octanol–water partition coefficient (Wildman–Crippen LogP) is 0.689. The highest BCUT2D eigenvalue weighted by Crippen LogP contribution is 2.26. The molecule has 0 saturated heterocycles. The summed E-state index contributed by atoms with van der Waals surface area (Å²) in [6.07, 6.45) is 1.38. The van der Waals surface area contributed by atoms with Gasteiger partial charge in [0, 0.05) is 18.3 Å². The summed E-state index contributed by atoms with van der Waals surface area (Å²) < 4.78 is 4.61. The largest absolute Gasteiger partial charge is 0.465 e. The molecule has 11 nitrogen and oxygen atoms in total. The van der Waals surface area contributed by atoms with Crippen molar-refractivity contribution in [1.82, 2.24) is 15.2 Å². The minimum atomic E-state index is -0.783. The average molecular weight is 398 g/mol. The Labute approximate surface area is 163 Å². The predicted molar refractivity (Wildman–Crippen MR) is 95.9 cm³/mol. The van der Waals surface area contributed by atoms with Gasteiger partial charge in [-0.3, -0.25) is 34.4 Å². The molecule has 2 heterocycles. The molecule has 148 valence electrons. The summed E-state index contributed by atoms with van der Waals surface area (Å²) in [6, 6.07) is 6.21. The Kier molecular flexibility index (Phi) is 5.30. The second-order valence-electron chi connectivity index (χ2n) is 5.99.